The van der Waals surface area contributed by atoms with Gasteiger partial charge in [-0.3, -0.25) is 14.3 Å². The minimum Gasteiger partial charge on any atom is -0.484 e. The molecule has 2 amide bonds. The number of ether oxygens (including phenoxy) is 1. The Morgan fingerprint density at radius 1 is 1.07 bits per heavy atom. The standard InChI is InChI=1S/C23H24N4O3/c28-22(26-21-12-6-8-17-7-4-5-11-20(17)21)15-27-14-18(13-24-27)25-23(29)16-30-19-9-2-1-3-10-19/h1-5,7,9-11,13-14,21H,6,8,12,15-16H2,(H,25,29)(H,26,28). The number of fused-ring (bicyclic) bond motifs is 1. The summed E-state index contributed by atoms with van der Waals surface area (Å²) in [5.74, 6) is 0.232. The maximum absolute atomic E-state index is 12.5. The molecule has 0 saturated heterocycles. The van der Waals surface area contributed by atoms with E-state index >= 15 is 0 Å². The van der Waals surface area contributed by atoms with Crippen molar-refractivity contribution in [2.75, 3.05) is 11.9 Å². The van der Waals surface area contributed by atoms with Crippen LogP contribution in [-0.2, 0) is 22.6 Å². The molecule has 30 heavy (non-hydrogen) atoms. The van der Waals surface area contributed by atoms with Crippen molar-refractivity contribution >= 4 is 17.5 Å². The highest BCUT2D eigenvalue weighted by molar-refractivity contribution is 5.91. The highest BCUT2D eigenvalue weighted by Crippen LogP contribution is 2.29. The Bertz CT molecular complexity index is 1020. The Labute approximate surface area is 175 Å². The zero-order chi connectivity index (χ0) is 20.8. The summed E-state index contributed by atoms with van der Waals surface area (Å²) in [5.41, 5.74) is 3.02. The number of rotatable bonds is 7. The topological polar surface area (TPSA) is 85.2 Å². The molecule has 4 rings (SSSR count). The van der Waals surface area contributed by atoms with Crippen LogP contribution in [0.15, 0.2) is 67.0 Å². The molecule has 0 fully saturated rings. The van der Waals surface area contributed by atoms with Gasteiger partial charge in [-0.15, -0.1) is 0 Å². The van der Waals surface area contributed by atoms with Gasteiger partial charge < -0.3 is 15.4 Å². The summed E-state index contributed by atoms with van der Waals surface area (Å²) in [5, 5.41) is 9.99. The molecule has 0 spiro atoms. The first-order valence-corrected chi connectivity index (χ1v) is 10.0. The van der Waals surface area contributed by atoms with Crippen LogP contribution in [-0.4, -0.2) is 28.2 Å². The lowest BCUT2D eigenvalue weighted by molar-refractivity contribution is -0.122. The zero-order valence-corrected chi connectivity index (χ0v) is 16.6. The number of benzene rings is 2. The van der Waals surface area contributed by atoms with Gasteiger partial charge in [-0.2, -0.15) is 5.10 Å². The van der Waals surface area contributed by atoms with E-state index in [1.165, 1.54) is 22.0 Å². The summed E-state index contributed by atoms with van der Waals surface area (Å²) in [7, 11) is 0. The number of nitrogens with one attached hydrogen (secondary N) is 2. The van der Waals surface area contributed by atoms with Crippen LogP contribution in [0.25, 0.3) is 0 Å². The summed E-state index contributed by atoms with van der Waals surface area (Å²) in [6, 6.07) is 17.4. The average Bonchev–Trinajstić information content (AvgIpc) is 3.19. The minimum atomic E-state index is -0.290. The second-order valence-corrected chi connectivity index (χ2v) is 7.29. The Kier molecular flexibility index (Phi) is 6.08. The largest absolute Gasteiger partial charge is 0.484 e. The van der Waals surface area contributed by atoms with E-state index in [0.717, 1.165) is 19.3 Å². The van der Waals surface area contributed by atoms with Gasteiger partial charge in [-0.1, -0.05) is 42.5 Å². The zero-order valence-electron chi connectivity index (χ0n) is 16.6. The lowest BCUT2D eigenvalue weighted by atomic mass is 9.88. The number of aromatic nitrogens is 2. The summed E-state index contributed by atoms with van der Waals surface area (Å²) in [4.78, 5) is 24.5. The number of carbonyl (C=O) groups is 2. The molecular weight excluding hydrogens is 380 g/mol. The monoisotopic (exact) mass is 404 g/mol. The third-order valence-electron chi connectivity index (χ3n) is 5.04. The average molecular weight is 404 g/mol. The van der Waals surface area contributed by atoms with Crippen molar-refractivity contribution in [3.63, 3.8) is 0 Å². The first kappa shape index (κ1) is 19.7. The van der Waals surface area contributed by atoms with E-state index in [0.29, 0.717) is 11.4 Å². The number of hydrogen-bond acceptors (Lipinski definition) is 4. The first-order chi connectivity index (χ1) is 14.7. The Hall–Kier alpha value is -3.61. The van der Waals surface area contributed by atoms with Gasteiger partial charge in [0, 0.05) is 6.20 Å². The highest BCUT2D eigenvalue weighted by Gasteiger charge is 2.21. The van der Waals surface area contributed by atoms with Crippen LogP contribution < -0.4 is 15.4 Å². The molecule has 1 atom stereocenters. The molecule has 2 aromatic carbocycles. The SMILES string of the molecule is O=C(COc1ccccc1)Nc1cnn(CC(=O)NC2CCCc3ccccc32)c1. The predicted molar refractivity (Wildman–Crippen MR) is 113 cm³/mol. The smallest absolute Gasteiger partial charge is 0.262 e. The summed E-state index contributed by atoms with van der Waals surface area (Å²) < 4.78 is 6.93. The molecule has 7 heteroatoms. The number of hydrogen-bond donors (Lipinski definition) is 2. The lowest BCUT2D eigenvalue weighted by Crippen LogP contribution is -2.33. The van der Waals surface area contributed by atoms with Gasteiger partial charge in [0.15, 0.2) is 6.61 Å². The van der Waals surface area contributed by atoms with Crippen LogP contribution in [0.1, 0.15) is 30.0 Å². The third-order valence-corrected chi connectivity index (χ3v) is 5.04. The number of nitrogens with zero attached hydrogens (tertiary/aromatic N) is 2. The fourth-order valence-corrected chi connectivity index (χ4v) is 3.67. The van der Waals surface area contributed by atoms with Gasteiger partial charge in [0.05, 0.1) is 17.9 Å². The van der Waals surface area contributed by atoms with Crippen molar-refractivity contribution in [2.45, 2.75) is 31.8 Å². The number of amides is 2. The van der Waals surface area contributed by atoms with Crippen molar-refractivity contribution < 1.29 is 14.3 Å². The summed E-state index contributed by atoms with van der Waals surface area (Å²) >= 11 is 0. The van der Waals surface area contributed by atoms with Crippen LogP contribution >= 0.6 is 0 Å². The Morgan fingerprint density at radius 2 is 1.87 bits per heavy atom. The molecule has 2 N–H and O–H groups in total. The molecule has 3 aromatic rings. The summed E-state index contributed by atoms with van der Waals surface area (Å²) in [6.07, 6.45) is 6.20. The maximum atomic E-state index is 12.5. The lowest BCUT2D eigenvalue weighted by Gasteiger charge is -2.26. The van der Waals surface area contributed by atoms with Gasteiger partial charge in [-0.05, 0) is 42.5 Å². The van der Waals surface area contributed by atoms with Crippen LogP contribution in [0, 0.1) is 0 Å². The molecule has 0 bridgehead atoms. The minimum absolute atomic E-state index is 0.0346. The number of carbonyl (C=O) groups excluding carboxylic acids is 2. The molecule has 0 aliphatic heterocycles. The molecule has 1 unspecified atom stereocenters. The number of para-hydroxylation sites is 1. The van der Waals surface area contributed by atoms with Crippen LogP contribution in [0.4, 0.5) is 5.69 Å². The maximum Gasteiger partial charge on any atom is 0.262 e. The summed E-state index contributed by atoms with van der Waals surface area (Å²) in [6.45, 7) is -0.00811. The van der Waals surface area contributed by atoms with Crippen LogP contribution in [0.2, 0.25) is 0 Å². The molecule has 0 saturated carbocycles. The van der Waals surface area contributed by atoms with Crippen molar-refractivity contribution in [2.24, 2.45) is 0 Å². The fraction of sp³-hybridized carbons (Fsp3) is 0.261. The molecular formula is C23H24N4O3. The normalized spacial score (nSPS) is 15.1. The molecule has 0 radical (unpaired) electrons. The van der Waals surface area contributed by atoms with Crippen LogP contribution in [0.5, 0.6) is 5.75 Å². The van der Waals surface area contributed by atoms with Crippen molar-refractivity contribution in [1.82, 2.24) is 15.1 Å². The van der Waals surface area contributed by atoms with E-state index in [1.54, 1.807) is 18.3 Å². The van der Waals surface area contributed by atoms with Gasteiger partial charge in [0.25, 0.3) is 5.91 Å². The van der Waals surface area contributed by atoms with Gasteiger partial charge in [0.1, 0.15) is 12.3 Å². The van der Waals surface area contributed by atoms with Crippen molar-refractivity contribution in [3.05, 3.63) is 78.1 Å². The van der Waals surface area contributed by atoms with E-state index < -0.39 is 0 Å². The number of aryl methyl sites for hydroxylation is 1. The van der Waals surface area contributed by atoms with Crippen LogP contribution in [0.3, 0.4) is 0 Å². The molecule has 1 heterocycles. The second-order valence-electron chi connectivity index (χ2n) is 7.29. The van der Waals surface area contributed by atoms with E-state index in [1.807, 2.05) is 30.3 Å². The van der Waals surface area contributed by atoms with Gasteiger partial charge in [0.2, 0.25) is 5.91 Å². The first-order valence-electron chi connectivity index (χ1n) is 10.0. The molecule has 154 valence electrons. The third kappa shape index (κ3) is 5.05. The van der Waals surface area contributed by atoms with E-state index in [9.17, 15) is 9.59 Å². The molecule has 1 aliphatic rings. The fourth-order valence-electron chi connectivity index (χ4n) is 3.67. The van der Waals surface area contributed by atoms with Crippen molar-refractivity contribution in [3.8, 4) is 5.75 Å². The Balaban J connectivity index is 1.27. The van der Waals surface area contributed by atoms with Crippen molar-refractivity contribution in [1.29, 1.82) is 0 Å². The van der Waals surface area contributed by atoms with E-state index in [4.69, 9.17) is 4.74 Å². The van der Waals surface area contributed by atoms with Gasteiger partial charge >= 0.3 is 0 Å². The predicted octanol–water partition coefficient (Wildman–Crippen LogP) is 3.09. The quantitative estimate of drug-likeness (QED) is 0.634. The van der Waals surface area contributed by atoms with Gasteiger partial charge in [-0.25, -0.2) is 0 Å². The highest BCUT2D eigenvalue weighted by atomic mass is 16.5. The molecule has 1 aliphatic carbocycles. The van der Waals surface area contributed by atoms with E-state index in [2.05, 4.69) is 27.9 Å². The Morgan fingerprint density at radius 3 is 2.73 bits per heavy atom. The second kappa shape index (κ2) is 9.26. The molecule has 7 nitrogen and oxygen atoms in total. The number of anilines is 1. The van der Waals surface area contributed by atoms with E-state index in [-0.39, 0.29) is 31.0 Å². The molecule has 1 aromatic heterocycles.